The van der Waals surface area contributed by atoms with E-state index in [1.807, 2.05) is 6.92 Å². The minimum absolute atomic E-state index is 0.0579. The Bertz CT molecular complexity index is 237. The first-order valence-electron chi connectivity index (χ1n) is 3.05. The Hall–Kier alpha value is -1.25. The molecule has 1 aromatic rings. The molecule has 0 aliphatic carbocycles. The summed E-state index contributed by atoms with van der Waals surface area (Å²) >= 11 is 0. The number of hydrogen-bond acceptors (Lipinski definition) is 2. The maximum atomic E-state index is 10.3. The number of carbonyl (C=O) groups is 1. The second-order valence-electron chi connectivity index (χ2n) is 1.93. The van der Waals surface area contributed by atoms with Crippen LogP contribution in [0.15, 0.2) is 16.7 Å². The molecule has 3 nitrogen and oxygen atoms in total. The molecular formula is C7H8O3. The third-order valence-electron chi connectivity index (χ3n) is 1.32. The van der Waals surface area contributed by atoms with Crippen LogP contribution in [0.1, 0.15) is 23.0 Å². The minimum Gasteiger partial charge on any atom is -0.475 e. The second-order valence-corrected chi connectivity index (χ2v) is 1.93. The van der Waals surface area contributed by atoms with Crippen LogP contribution in [-0.4, -0.2) is 11.1 Å². The molecule has 0 unspecified atom stereocenters. The molecule has 0 spiro atoms. The fraction of sp³-hybridized carbons (Fsp3) is 0.286. The Kier molecular flexibility index (Phi) is 1.76. The molecule has 10 heavy (non-hydrogen) atoms. The van der Waals surface area contributed by atoms with Gasteiger partial charge in [-0.05, 0) is 12.5 Å². The number of aryl methyl sites for hydroxylation is 1. The van der Waals surface area contributed by atoms with Crippen LogP contribution in [0.5, 0.6) is 0 Å². The van der Waals surface area contributed by atoms with Crippen molar-refractivity contribution >= 4 is 5.97 Å². The van der Waals surface area contributed by atoms with Crippen molar-refractivity contribution in [3.63, 3.8) is 0 Å². The van der Waals surface area contributed by atoms with Crippen molar-refractivity contribution in [1.82, 2.24) is 0 Å². The molecule has 0 fully saturated rings. The largest absolute Gasteiger partial charge is 0.475 e. The second kappa shape index (κ2) is 2.56. The highest BCUT2D eigenvalue weighted by Gasteiger charge is 2.10. The Morgan fingerprint density at radius 3 is 2.90 bits per heavy atom. The minimum atomic E-state index is -0.998. The van der Waals surface area contributed by atoms with Crippen molar-refractivity contribution in [2.45, 2.75) is 13.3 Å². The van der Waals surface area contributed by atoms with Crippen molar-refractivity contribution in [2.75, 3.05) is 0 Å². The SMILES string of the molecule is CCc1ccoc1C(=O)O. The van der Waals surface area contributed by atoms with Gasteiger partial charge in [0, 0.05) is 5.56 Å². The van der Waals surface area contributed by atoms with E-state index >= 15 is 0 Å². The van der Waals surface area contributed by atoms with Gasteiger partial charge in [-0.1, -0.05) is 6.92 Å². The van der Waals surface area contributed by atoms with Crippen LogP contribution in [0.4, 0.5) is 0 Å². The van der Waals surface area contributed by atoms with E-state index in [-0.39, 0.29) is 5.76 Å². The predicted octanol–water partition coefficient (Wildman–Crippen LogP) is 1.54. The summed E-state index contributed by atoms with van der Waals surface area (Å²) in [7, 11) is 0. The molecule has 0 aliphatic rings. The summed E-state index contributed by atoms with van der Waals surface area (Å²) < 4.78 is 4.72. The molecule has 1 rings (SSSR count). The first-order valence-corrected chi connectivity index (χ1v) is 3.05. The molecule has 0 saturated heterocycles. The Balaban J connectivity index is 3.01. The smallest absolute Gasteiger partial charge is 0.372 e. The van der Waals surface area contributed by atoms with Crippen molar-refractivity contribution < 1.29 is 14.3 Å². The first-order chi connectivity index (χ1) is 4.75. The first kappa shape index (κ1) is 6.86. The van der Waals surface area contributed by atoms with Gasteiger partial charge >= 0.3 is 5.97 Å². The maximum Gasteiger partial charge on any atom is 0.372 e. The fourth-order valence-corrected chi connectivity index (χ4v) is 0.802. The van der Waals surface area contributed by atoms with Gasteiger partial charge in [0.25, 0.3) is 0 Å². The molecule has 1 aromatic heterocycles. The number of aromatic carboxylic acids is 1. The summed E-state index contributed by atoms with van der Waals surface area (Å²) in [6.07, 6.45) is 2.08. The summed E-state index contributed by atoms with van der Waals surface area (Å²) in [5.74, 6) is -0.940. The van der Waals surface area contributed by atoms with Crippen LogP contribution in [0, 0.1) is 0 Å². The van der Waals surface area contributed by atoms with E-state index in [1.165, 1.54) is 6.26 Å². The van der Waals surface area contributed by atoms with E-state index < -0.39 is 5.97 Å². The molecule has 1 N–H and O–H groups in total. The number of carboxylic acid groups (broad SMARTS) is 1. The predicted molar refractivity (Wildman–Crippen MR) is 35.0 cm³/mol. The molecule has 0 bridgehead atoms. The zero-order valence-corrected chi connectivity index (χ0v) is 5.63. The van der Waals surface area contributed by atoms with E-state index in [2.05, 4.69) is 0 Å². The molecule has 0 saturated carbocycles. The van der Waals surface area contributed by atoms with Gasteiger partial charge in [0.1, 0.15) is 0 Å². The molecule has 0 aromatic carbocycles. The highest BCUT2D eigenvalue weighted by molar-refractivity contribution is 5.86. The van der Waals surface area contributed by atoms with Crippen molar-refractivity contribution in [3.05, 3.63) is 23.7 Å². The third kappa shape index (κ3) is 1.03. The number of rotatable bonds is 2. The number of hydrogen-bond donors (Lipinski definition) is 1. The quantitative estimate of drug-likeness (QED) is 0.677. The van der Waals surface area contributed by atoms with Crippen LogP contribution < -0.4 is 0 Å². The lowest BCUT2D eigenvalue weighted by atomic mass is 10.2. The van der Waals surface area contributed by atoms with Crippen LogP contribution in [0.25, 0.3) is 0 Å². The molecule has 3 heteroatoms. The van der Waals surface area contributed by atoms with E-state index in [1.54, 1.807) is 6.07 Å². The summed E-state index contributed by atoms with van der Waals surface area (Å²) in [5, 5.41) is 8.49. The topological polar surface area (TPSA) is 50.4 Å². The van der Waals surface area contributed by atoms with Gasteiger partial charge in [-0.3, -0.25) is 0 Å². The lowest BCUT2D eigenvalue weighted by Crippen LogP contribution is -1.97. The Morgan fingerprint density at radius 2 is 2.50 bits per heavy atom. The molecule has 0 radical (unpaired) electrons. The maximum absolute atomic E-state index is 10.3. The van der Waals surface area contributed by atoms with Crippen LogP contribution >= 0.6 is 0 Å². The average molecular weight is 140 g/mol. The van der Waals surface area contributed by atoms with Gasteiger partial charge in [-0.25, -0.2) is 4.79 Å². The van der Waals surface area contributed by atoms with E-state index in [4.69, 9.17) is 9.52 Å². The zero-order chi connectivity index (χ0) is 7.56. The monoisotopic (exact) mass is 140 g/mol. The summed E-state index contributed by atoms with van der Waals surface area (Å²) in [4.78, 5) is 10.3. The van der Waals surface area contributed by atoms with Crippen LogP contribution in [-0.2, 0) is 6.42 Å². The lowest BCUT2D eigenvalue weighted by Gasteiger charge is -1.89. The highest BCUT2D eigenvalue weighted by Crippen LogP contribution is 2.10. The average Bonchev–Trinajstić information content (AvgIpc) is 2.33. The Labute approximate surface area is 58.3 Å². The normalized spacial score (nSPS) is 9.70. The van der Waals surface area contributed by atoms with Gasteiger partial charge in [0.2, 0.25) is 5.76 Å². The van der Waals surface area contributed by atoms with Crippen LogP contribution in [0.2, 0.25) is 0 Å². The fourth-order valence-electron chi connectivity index (χ4n) is 0.802. The van der Waals surface area contributed by atoms with Gasteiger partial charge in [0.15, 0.2) is 0 Å². The number of carboxylic acids is 1. The van der Waals surface area contributed by atoms with E-state index in [9.17, 15) is 4.79 Å². The molecule has 0 aliphatic heterocycles. The van der Waals surface area contributed by atoms with Gasteiger partial charge < -0.3 is 9.52 Å². The summed E-state index contributed by atoms with van der Waals surface area (Å²) in [6.45, 7) is 1.89. The van der Waals surface area contributed by atoms with Crippen molar-refractivity contribution in [3.8, 4) is 0 Å². The van der Waals surface area contributed by atoms with Gasteiger partial charge in [0.05, 0.1) is 6.26 Å². The zero-order valence-electron chi connectivity index (χ0n) is 5.63. The highest BCUT2D eigenvalue weighted by atomic mass is 16.4. The van der Waals surface area contributed by atoms with E-state index in [0.717, 1.165) is 5.56 Å². The molecule has 0 atom stereocenters. The molecule has 54 valence electrons. The molecule has 1 heterocycles. The molecule has 0 amide bonds. The Morgan fingerprint density at radius 1 is 1.80 bits per heavy atom. The van der Waals surface area contributed by atoms with Gasteiger partial charge in [-0.2, -0.15) is 0 Å². The molecular weight excluding hydrogens is 132 g/mol. The summed E-state index contributed by atoms with van der Waals surface area (Å²) in [5.41, 5.74) is 0.743. The lowest BCUT2D eigenvalue weighted by molar-refractivity contribution is 0.0661. The van der Waals surface area contributed by atoms with Gasteiger partial charge in [-0.15, -0.1) is 0 Å². The van der Waals surface area contributed by atoms with E-state index in [0.29, 0.717) is 6.42 Å². The third-order valence-corrected chi connectivity index (χ3v) is 1.32. The van der Waals surface area contributed by atoms with Crippen molar-refractivity contribution in [1.29, 1.82) is 0 Å². The van der Waals surface area contributed by atoms with Crippen LogP contribution in [0.3, 0.4) is 0 Å². The summed E-state index contributed by atoms with van der Waals surface area (Å²) in [6, 6.07) is 1.67. The number of furan rings is 1. The van der Waals surface area contributed by atoms with Crippen molar-refractivity contribution in [2.24, 2.45) is 0 Å². The standard InChI is InChI=1S/C7H8O3/c1-2-5-3-4-10-6(5)7(8)9/h3-4H,2H2,1H3,(H,8,9).